The Morgan fingerprint density at radius 1 is 1.06 bits per heavy atom. The van der Waals surface area contributed by atoms with Crippen molar-refractivity contribution in [3.05, 3.63) is 54.0 Å². The van der Waals surface area contributed by atoms with Crippen LogP contribution in [0.2, 0.25) is 0 Å². The van der Waals surface area contributed by atoms with Crippen LogP contribution in [0, 0.1) is 0 Å². The minimum Gasteiger partial charge on any atom is -0.361 e. The van der Waals surface area contributed by atoms with Gasteiger partial charge < -0.3 is 9.88 Å². The van der Waals surface area contributed by atoms with Gasteiger partial charge >= 0.3 is 0 Å². The van der Waals surface area contributed by atoms with Crippen molar-refractivity contribution < 1.29 is 4.79 Å². The summed E-state index contributed by atoms with van der Waals surface area (Å²) >= 11 is 0. The monoisotopic (exact) mass is 449 g/mol. The lowest BCUT2D eigenvalue weighted by Gasteiger charge is -2.34. The van der Waals surface area contributed by atoms with Crippen molar-refractivity contribution in [3.8, 4) is 0 Å². The van der Waals surface area contributed by atoms with E-state index < -0.39 is 0 Å². The summed E-state index contributed by atoms with van der Waals surface area (Å²) in [5.41, 5.74) is 8.76. The van der Waals surface area contributed by atoms with E-state index in [-0.39, 0.29) is 5.91 Å². The molecule has 0 spiro atoms. The fourth-order valence-corrected chi connectivity index (χ4v) is 4.25. The smallest absolute Gasteiger partial charge is 0.268 e. The molecule has 176 valence electrons. The summed E-state index contributed by atoms with van der Waals surface area (Å²) in [4.78, 5) is 29.2. The van der Waals surface area contributed by atoms with Gasteiger partial charge in [-0.15, -0.1) is 0 Å². The molecular weight excluding hydrogens is 414 g/mol. The van der Waals surface area contributed by atoms with Crippen molar-refractivity contribution in [1.29, 1.82) is 0 Å². The first-order valence-electron chi connectivity index (χ1n) is 12.1. The van der Waals surface area contributed by atoms with E-state index in [9.17, 15) is 4.79 Å². The third kappa shape index (κ3) is 6.30. The molecule has 1 aliphatic heterocycles. The topological polar surface area (TPSA) is 89.2 Å². The van der Waals surface area contributed by atoms with Crippen molar-refractivity contribution in [3.63, 3.8) is 0 Å². The molecule has 3 heterocycles. The number of hydrazine groups is 1. The number of anilines is 1. The Balaban J connectivity index is 1.19. The van der Waals surface area contributed by atoms with E-state index in [2.05, 4.69) is 73.0 Å². The quantitative estimate of drug-likeness (QED) is 0.308. The number of rotatable bonds is 11. The van der Waals surface area contributed by atoms with E-state index >= 15 is 0 Å². The summed E-state index contributed by atoms with van der Waals surface area (Å²) in [6.07, 6.45) is 11.1. The van der Waals surface area contributed by atoms with Crippen molar-refractivity contribution in [2.75, 3.05) is 44.2 Å². The third-order valence-corrected chi connectivity index (χ3v) is 6.29. The maximum absolute atomic E-state index is 12.2. The largest absolute Gasteiger partial charge is 0.361 e. The Morgan fingerprint density at radius 3 is 2.64 bits per heavy atom. The lowest BCUT2D eigenvalue weighted by molar-refractivity contribution is 0.0932. The second-order valence-corrected chi connectivity index (χ2v) is 8.65. The molecule has 1 aliphatic rings. The lowest BCUT2D eigenvalue weighted by Crippen LogP contribution is -2.47. The molecule has 33 heavy (non-hydrogen) atoms. The molecule has 3 aromatic rings. The van der Waals surface area contributed by atoms with Crippen LogP contribution in [0.3, 0.4) is 0 Å². The van der Waals surface area contributed by atoms with E-state index in [1.54, 1.807) is 12.4 Å². The Labute approximate surface area is 195 Å². The molecule has 0 saturated carbocycles. The number of H-pyrrole nitrogens is 1. The zero-order chi connectivity index (χ0) is 22.9. The molecule has 1 aromatic carbocycles. The van der Waals surface area contributed by atoms with Crippen LogP contribution >= 0.6 is 0 Å². The van der Waals surface area contributed by atoms with Gasteiger partial charge in [0.2, 0.25) is 5.95 Å². The molecule has 3 N–H and O–H groups in total. The van der Waals surface area contributed by atoms with Gasteiger partial charge in [-0.25, -0.2) is 15.4 Å². The summed E-state index contributed by atoms with van der Waals surface area (Å²) in [5, 5.41) is 1.32. The summed E-state index contributed by atoms with van der Waals surface area (Å²) in [5.74, 6) is 0.495. The molecule has 1 saturated heterocycles. The predicted molar refractivity (Wildman–Crippen MR) is 132 cm³/mol. The summed E-state index contributed by atoms with van der Waals surface area (Å²) in [6.45, 7) is 7.74. The van der Waals surface area contributed by atoms with Crippen LogP contribution in [0.15, 0.2) is 42.9 Å². The van der Waals surface area contributed by atoms with Gasteiger partial charge in [0.1, 0.15) is 0 Å². The number of hydrogen-bond donors (Lipinski definition) is 3. The number of unbranched alkanes of at least 4 members (excludes halogenated alkanes) is 3. The van der Waals surface area contributed by atoms with E-state index in [4.69, 9.17) is 0 Å². The number of benzene rings is 1. The van der Waals surface area contributed by atoms with Gasteiger partial charge in [0.15, 0.2) is 0 Å². The van der Waals surface area contributed by atoms with Gasteiger partial charge in [0, 0.05) is 68.8 Å². The first-order chi connectivity index (χ1) is 16.2. The molecular formula is C25H35N7O. The number of nitrogens with zero attached hydrogens (tertiary/aromatic N) is 4. The average molecular weight is 450 g/mol. The van der Waals surface area contributed by atoms with E-state index in [0.29, 0.717) is 11.5 Å². The zero-order valence-electron chi connectivity index (χ0n) is 19.5. The third-order valence-electron chi connectivity index (χ3n) is 6.29. The van der Waals surface area contributed by atoms with Gasteiger partial charge in [0.05, 0.1) is 5.56 Å². The average Bonchev–Trinajstić information content (AvgIpc) is 3.28. The highest BCUT2D eigenvalue weighted by Crippen LogP contribution is 2.19. The first kappa shape index (κ1) is 23.2. The second kappa shape index (κ2) is 11.8. The number of carbonyl (C=O) groups excluding carboxylic acids is 1. The number of para-hydroxylation sites is 1. The molecule has 0 aliphatic carbocycles. The first-order valence-corrected chi connectivity index (χ1v) is 12.1. The molecule has 0 bridgehead atoms. The summed E-state index contributed by atoms with van der Waals surface area (Å²) < 4.78 is 0. The number of aromatic amines is 1. The van der Waals surface area contributed by atoms with Crippen LogP contribution in [0.5, 0.6) is 0 Å². The Hall–Kier alpha value is -2.97. The van der Waals surface area contributed by atoms with Crippen molar-refractivity contribution in [2.45, 2.75) is 39.0 Å². The highest BCUT2D eigenvalue weighted by atomic mass is 16.2. The Morgan fingerprint density at radius 2 is 1.85 bits per heavy atom. The van der Waals surface area contributed by atoms with E-state index in [1.165, 1.54) is 35.7 Å². The molecule has 1 amide bonds. The predicted octanol–water partition coefficient (Wildman–Crippen LogP) is 3.14. The summed E-state index contributed by atoms with van der Waals surface area (Å²) in [6, 6.07) is 8.47. The van der Waals surface area contributed by atoms with E-state index in [1.807, 2.05) is 0 Å². The van der Waals surface area contributed by atoms with Crippen molar-refractivity contribution in [1.82, 2.24) is 30.7 Å². The number of amides is 1. The molecule has 8 nitrogen and oxygen atoms in total. The Bertz CT molecular complexity index is 1010. The SMILES string of the molecule is CCCCCCNNC(=O)c1cnc(N2CCN(CCc3c[nH]c4ccccc34)CC2)nc1. The molecule has 4 rings (SSSR count). The van der Waals surface area contributed by atoms with Gasteiger partial charge in [-0.05, 0) is 24.5 Å². The van der Waals surface area contributed by atoms with Gasteiger partial charge in [-0.2, -0.15) is 0 Å². The second-order valence-electron chi connectivity index (χ2n) is 8.65. The highest BCUT2D eigenvalue weighted by molar-refractivity contribution is 5.93. The number of hydrogen-bond acceptors (Lipinski definition) is 6. The minimum atomic E-state index is -0.195. The number of nitrogens with one attached hydrogen (secondary N) is 3. The maximum Gasteiger partial charge on any atom is 0.268 e. The van der Waals surface area contributed by atoms with Crippen molar-refractivity contribution in [2.24, 2.45) is 0 Å². The van der Waals surface area contributed by atoms with Crippen LogP contribution in [-0.4, -0.2) is 65.0 Å². The molecule has 0 radical (unpaired) electrons. The molecule has 2 aromatic heterocycles. The molecule has 0 atom stereocenters. The molecule has 1 fully saturated rings. The fraction of sp³-hybridized carbons (Fsp3) is 0.480. The van der Waals surface area contributed by atoms with Gasteiger partial charge in [0.25, 0.3) is 5.91 Å². The van der Waals surface area contributed by atoms with Gasteiger partial charge in [-0.1, -0.05) is 44.4 Å². The highest BCUT2D eigenvalue weighted by Gasteiger charge is 2.19. The fourth-order valence-electron chi connectivity index (χ4n) is 4.25. The van der Waals surface area contributed by atoms with Crippen LogP contribution < -0.4 is 15.8 Å². The van der Waals surface area contributed by atoms with Crippen LogP contribution in [0.1, 0.15) is 48.5 Å². The number of fused-ring (bicyclic) bond motifs is 1. The lowest BCUT2D eigenvalue weighted by atomic mass is 10.1. The van der Waals surface area contributed by atoms with Gasteiger partial charge in [-0.3, -0.25) is 15.1 Å². The van der Waals surface area contributed by atoms with Crippen molar-refractivity contribution >= 4 is 22.8 Å². The molecule has 0 unspecified atom stereocenters. The van der Waals surface area contributed by atoms with Crippen LogP contribution in [-0.2, 0) is 6.42 Å². The number of carbonyl (C=O) groups is 1. The van der Waals surface area contributed by atoms with Crippen LogP contribution in [0.4, 0.5) is 5.95 Å². The Kier molecular flexibility index (Phi) is 8.27. The maximum atomic E-state index is 12.2. The summed E-state index contributed by atoms with van der Waals surface area (Å²) in [7, 11) is 0. The minimum absolute atomic E-state index is 0.195. The van der Waals surface area contributed by atoms with Crippen LogP contribution in [0.25, 0.3) is 10.9 Å². The number of aromatic nitrogens is 3. The standard InChI is InChI=1S/C25H35N7O/c1-2-3-4-7-11-29-30-24(33)21-18-27-25(28-19-21)32-15-13-31(14-16-32)12-10-20-17-26-23-9-6-5-8-22(20)23/h5-6,8-9,17-19,26,29H,2-4,7,10-16H2,1H3,(H,30,33). The zero-order valence-corrected chi connectivity index (χ0v) is 19.5. The molecule has 8 heteroatoms. The normalized spacial score (nSPS) is 14.6. The number of piperazine rings is 1. The van der Waals surface area contributed by atoms with E-state index in [0.717, 1.165) is 52.1 Å².